The topological polar surface area (TPSA) is 39.9 Å². The van der Waals surface area contributed by atoms with E-state index in [1.807, 2.05) is 24.3 Å². The molecule has 3 aromatic rings. The molecular weight excluding hydrogens is 300 g/mol. The fourth-order valence-corrected chi connectivity index (χ4v) is 2.25. The third kappa shape index (κ3) is 3.36. The van der Waals surface area contributed by atoms with Crippen LogP contribution in [-0.4, -0.2) is 21.4 Å². The largest absolute Gasteiger partial charge is 0.435 e. The summed E-state index contributed by atoms with van der Waals surface area (Å²) in [6.07, 6.45) is 0. The first-order chi connectivity index (χ1) is 11.0. The fraction of sp³-hybridized carbons (Fsp3) is 0.118. The van der Waals surface area contributed by atoms with Crippen LogP contribution in [-0.2, 0) is 7.05 Å². The zero-order valence-corrected chi connectivity index (χ0v) is 12.4. The maximum Gasteiger partial charge on any atom is 0.387 e. The van der Waals surface area contributed by atoms with Gasteiger partial charge in [-0.2, -0.15) is 13.9 Å². The van der Waals surface area contributed by atoms with E-state index in [2.05, 4.69) is 21.7 Å². The SMILES string of the molecule is [CH2]c1cccc(-c2nc(-c3ccc(OC(F)F)cc3)nn2C)c1. The van der Waals surface area contributed by atoms with Crippen LogP contribution in [0.15, 0.2) is 48.5 Å². The van der Waals surface area contributed by atoms with E-state index in [1.54, 1.807) is 23.9 Å². The van der Waals surface area contributed by atoms with Gasteiger partial charge in [0, 0.05) is 18.2 Å². The van der Waals surface area contributed by atoms with Crippen molar-refractivity contribution in [1.29, 1.82) is 0 Å². The normalized spacial score (nSPS) is 11.0. The standard InChI is InChI=1S/C17H14F2N3O/c1-11-4-3-5-13(10-11)16-20-15(21-22(16)2)12-6-8-14(9-7-12)23-17(18)19/h3-10,17H,1H2,2H3. The molecule has 23 heavy (non-hydrogen) atoms. The van der Waals surface area contributed by atoms with Gasteiger partial charge < -0.3 is 4.74 Å². The molecule has 1 heterocycles. The molecule has 4 nitrogen and oxygen atoms in total. The van der Waals surface area contributed by atoms with E-state index >= 15 is 0 Å². The van der Waals surface area contributed by atoms with Crippen LogP contribution in [0.4, 0.5) is 8.78 Å². The first kappa shape index (κ1) is 15.1. The summed E-state index contributed by atoms with van der Waals surface area (Å²) in [5.74, 6) is 1.32. The molecule has 1 aromatic heterocycles. The van der Waals surface area contributed by atoms with Gasteiger partial charge in [-0.25, -0.2) is 9.67 Å². The number of hydrogen-bond donors (Lipinski definition) is 0. The van der Waals surface area contributed by atoms with E-state index in [-0.39, 0.29) is 5.75 Å². The molecule has 2 aromatic carbocycles. The lowest BCUT2D eigenvalue weighted by atomic mass is 10.1. The lowest BCUT2D eigenvalue weighted by Gasteiger charge is -2.03. The summed E-state index contributed by atoms with van der Waals surface area (Å²) in [5, 5.41) is 4.37. The molecule has 117 valence electrons. The Bertz CT molecular complexity index is 813. The Kier molecular flexibility index (Phi) is 4.06. The third-order valence-corrected chi connectivity index (χ3v) is 3.29. The Morgan fingerprint density at radius 2 is 1.83 bits per heavy atom. The summed E-state index contributed by atoms with van der Waals surface area (Å²) in [6.45, 7) is 1.06. The van der Waals surface area contributed by atoms with E-state index in [0.717, 1.165) is 16.7 Å². The smallest absolute Gasteiger partial charge is 0.387 e. The second-order valence-electron chi connectivity index (χ2n) is 4.99. The zero-order valence-electron chi connectivity index (χ0n) is 12.4. The number of hydrogen-bond acceptors (Lipinski definition) is 3. The van der Waals surface area contributed by atoms with Gasteiger partial charge in [0.05, 0.1) is 0 Å². The summed E-state index contributed by atoms with van der Waals surface area (Å²) in [7, 11) is 1.80. The molecule has 0 spiro atoms. The molecule has 1 radical (unpaired) electrons. The summed E-state index contributed by atoms with van der Waals surface area (Å²) in [5.41, 5.74) is 2.52. The van der Waals surface area contributed by atoms with Crippen molar-refractivity contribution in [1.82, 2.24) is 14.8 Å². The number of benzene rings is 2. The molecular formula is C17H14F2N3O. The van der Waals surface area contributed by atoms with Crippen LogP contribution in [0.1, 0.15) is 5.56 Å². The Morgan fingerprint density at radius 3 is 2.48 bits per heavy atom. The van der Waals surface area contributed by atoms with Gasteiger partial charge in [0.1, 0.15) is 5.75 Å². The van der Waals surface area contributed by atoms with Gasteiger partial charge in [0.2, 0.25) is 0 Å². The third-order valence-electron chi connectivity index (χ3n) is 3.29. The minimum atomic E-state index is -2.84. The number of alkyl halides is 2. The number of aromatic nitrogens is 3. The van der Waals surface area contributed by atoms with Gasteiger partial charge in [0.25, 0.3) is 0 Å². The van der Waals surface area contributed by atoms with E-state index in [1.165, 1.54) is 12.1 Å². The van der Waals surface area contributed by atoms with Crippen LogP contribution < -0.4 is 4.74 Å². The number of halogens is 2. The van der Waals surface area contributed by atoms with E-state index in [4.69, 9.17) is 0 Å². The van der Waals surface area contributed by atoms with Gasteiger partial charge in [-0.15, -0.1) is 0 Å². The van der Waals surface area contributed by atoms with Crippen molar-refractivity contribution in [2.75, 3.05) is 0 Å². The molecule has 3 rings (SSSR count). The van der Waals surface area contributed by atoms with E-state index in [9.17, 15) is 8.78 Å². The molecule has 0 saturated heterocycles. The van der Waals surface area contributed by atoms with Crippen LogP contribution in [0.25, 0.3) is 22.8 Å². The molecule has 6 heteroatoms. The summed E-state index contributed by atoms with van der Waals surface area (Å²) in [6, 6.07) is 13.9. The molecule has 0 amide bonds. The maximum absolute atomic E-state index is 12.2. The Labute approximate surface area is 132 Å². The summed E-state index contributed by atoms with van der Waals surface area (Å²) in [4.78, 5) is 4.52. The highest BCUT2D eigenvalue weighted by molar-refractivity contribution is 5.62. The predicted octanol–water partition coefficient (Wildman–Crippen LogP) is 3.93. The average molecular weight is 314 g/mol. The highest BCUT2D eigenvalue weighted by Gasteiger charge is 2.12. The summed E-state index contributed by atoms with van der Waals surface area (Å²) < 4.78 is 30.3. The first-order valence-corrected chi connectivity index (χ1v) is 6.91. The maximum atomic E-state index is 12.2. The van der Waals surface area contributed by atoms with Crippen molar-refractivity contribution < 1.29 is 13.5 Å². The van der Waals surface area contributed by atoms with Crippen LogP contribution in [0.5, 0.6) is 5.75 Å². The highest BCUT2D eigenvalue weighted by atomic mass is 19.3. The predicted molar refractivity (Wildman–Crippen MR) is 83.0 cm³/mol. The Hall–Kier alpha value is -2.76. The molecule has 0 saturated carbocycles. The minimum absolute atomic E-state index is 0.102. The van der Waals surface area contributed by atoms with Crippen molar-refractivity contribution in [3.63, 3.8) is 0 Å². The van der Waals surface area contributed by atoms with Crippen LogP contribution >= 0.6 is 0 Å². The minimum Gasteiger partial charge on any atom is -0.435 e. The fourth-order valence-electron chi connectivity index (χ4n) is 2.25. The van der Waals surface area contributed by atoms with Gasteiger partial charge in [-0.1, -0.05) is 18.2 Å². The Morgan fingerprint density at radius 1 is 1.09 bits per heavy atom. The number of ether oxygens (including phenoxy) is 1. The lowest BCUT2D eigenvalue weighted by molar-refractivity contribution is -0.0498. The molecule has 0 atom stereocenters. The molecule has 0 N–H and O–H groups in total. The molecule has 0 unspecified atom stereocenters. The van der Waals surface area contributed by atoms with Crippen molar-refractivity contribution in [3.8, 4) is 28.5 Å². The average Bonchev–Trinajstić information content (AvgIpc) is 2.89. The number of nitrogens with zero attached hydrogens (tertiary/aromatic N) is 3. The van der Waals surface area contributed by atoms with Crippen molar-refractivity contribution >= 4 is 0 Å². The number of rotatable bonds is 4. The Balaban J connectivity index is 1.91. The van der Waals surface area contributed by atoms with Crippen LogP contribution in [0, 0.1) is 6.92 Å². The second-order valence-corrected chi connectivity index (χ2v) is 4.99. The van der Waals surface area contributed by atoms with Crippen molar-refractivity contribution in [2.24, 2.45) is 7.05 Å². The summed E-state index contributed by atoms with van der Waals surface area (Å²) >= 11 is 0. The van der Waals surface area contributed by atoms with Gasteiger partial charge in [-0.3, -0.25) is 0 Å². The van der Waals surface area contributed by atoms with Gasteiger partial charge in [-0.05, 0) is 42.8 Å². The number of aryl methyl sites for hydroxylation is 1. The molecule has 0 aliphatic carbocycles. The van der Waals surface area contributed by atoms with Crippen LogP contribution in [0.3, 0.4) is 0 Å². The van der Waals surface area contributed by atoms with Crippen molar-refractivity contribution in [2.45, 2.75) is 6.61 Å². The molecule has 0 bridgehead atoms. The second kappa shape index (κ2) is 6.16. The molecule has 0 aliphatic heterocycles. The molecule has 0 aliphatic rings. The lowest BCUT2D eigenvalue weighted by Crippen LogP contribution is -2.01. The van der Waals surface area contributed by atoms with E-state index < -0.39 is 6.61 Å². The van der Waals surface area contributed by atoms with Crippen molar-refractivity contribution in [3.05, 3.63) is 61.0 Å². The zero-order chi connectivity index (χ0) is 16.4. The molecule has 0 fully saturated rings. The van der Waals surface area contributed by atoms with Gasteiger partial charge >= 0.3 is 6.61 Å². The monoisotopic (exact) mass is 314 g/mol. The quantitative estimate of drug-likeness (QED) is 0.732. The first-order valence-electron chi connectivity index (χ1n) is 6.91. The van der Waals surface area contributed by atoms with Gasteiger partial charge in [0.15, 0.2) is 11.6 Å². The van der Waals surface area contributed by atoms with E-state index in [0.29, 0.717) is 11.6 Å². The highest BCUT2D eigenvalue weighted by Crippen LogP contribution is 2.24. The van der Waals surface area contributed by atoms with Crippen LogP contribution in [0.2, 0.25) is 0 Å².